The van der Waals surface area contributed by atoms with Gasteiger partial charge in [0.1, 0.15) is 16.8 Å². The summed E-state index contributed by atoms with van der Waals surface area (Å²) in [6, 6.07) is 7.51. The Kier molecular flexibility index (Phi) is 6.35. The number of sulfonamides is 1. The average molecular weight is 408 g/mol. The van der Waals surface area contributed by atoms with Crippen molar-refractivity contribution in [1.82, 2.24) is 20.5 Å². The molecule has 0 aliphatic carbocycles. The zero-order valence-electron chi connectivity index (χ0n) is 14.9. The SMILES string of the molecule is O=C(NO)C(NS(=O)(=O)c1ccc(-c2cccc(F)c2)nc1)C1CCNCC1. The van der Waals surface area contributed by atoms with Crippen molar-refractivity contribution in [3.8, 4) is 11.3 Å². The second kappa shape index (κ2) is 8.74. The van der Waals surface area contributed by atoms with Crippen LogP contribution >= 0.6 is 0 Å². The number of amides is 1. The van der Waals surface area contributed by atoms with Crippen LogP contribution in [0.1, 0.15) is 12.8 Å². The van der Waals surface area contributed by atoms with E-state index in [1.165, 1.54) is 35.8 Å². The smallest absolute Gasteiger partial charge is 0.261 e. The molecule has 0 saturated carbocycles. The molecule has 28 heavy (non-hydrogen) atoms. The number of hydrogen-bond donors (Lipinski definition) is 4. The molecule has 0 radical (unpaired) electrons. The first kappa shape index (κ1) is 20.3. The predicted octanol–water partition coefficient (Wildman–Crippen LogP) is 1.04. The van der Waals surface area contributed by atoms with E-state index in [2.05, 4.69) is 15.0 Å². The third-order valence-corrected chi connectivity index (χ3v) is 6.12. The molecule has 1 saturated heterocycles. The van der Waals surface area contributed by atoms with E-state index >= 15 is 0 Å². The molecular weight excluding hydrogens is 387 g/mol. The van der Waals surface area contributed by atoms with Gasteiger partial charge in [-0.1, -0.05) is 12.1 Å². The normalized spacial score (nSPS) is 16.5. The van der Waals surface area contributed by atoms with Crippen LogP contribution in [0.25, 0.3) is 11.3 Å². The number of halogens is 1. The molecule has 1 aromatic carbocycles. The Labute approximate surface area is 162 Å². The minimum atomic E-state index is -4.05. The van der Waals surface area contributed by atoms with E-state index in [1.54, 1.807) is 6.07 Å². The van der Waals surface area contributed by atoms with Crippen molar-refractivity contribution in [3.63, 3.8) is 0 Å². The van der Waals surface area contributed by atoms with Gasteiger partial charge in [0.2, 0.25) is 10.0 Å². The minimum Gasteiger partial charge on any atom is -0.317 e. The maximum atomic E-state index is 13.4. The van der Waals surface area contributed by atoms with Crippen molar-refractivity contribution < 1.29 is 22.8 Å². The van der Waals surface area contributed by atoms with Gasteiger partial charge in [0.05, 0.1) is 5.69 Å². The maximum absolute atomic E-state index is 13.4. The Morgan fingerprint density at radius 1 is 1.25 bits per heavy atom. The molecule has 1 atom stereocenters. The first-order valence-electron chi connectivity index (χ1n) is 8.80. The quantitative estimate of drug-likeness (QED) is 0.419. The monoisotopic (exact) mass is 408 g/mol. The number of rotatable bonds is 6. The van der Waals surface area contributed by atoms with Gasteiger partial charge in [0.25, 0.3) is 5.91 Å². The van der Waals surface area contributed by atoms with Gasteiger partial charge < -0.3 is 5.32 Å². The topological polar surface area (TPSA) is 120 Å². The fraction of sp³-hybridized carbons (Fsp3) is 0.333. The Morgan fingerprint density at radius 2 is 2.00 bits per heavy atom. The van der Waals surface area contributed by atoms with Crippen molar-refractivity contribution in [2.45, 2.75) is 23.8 Å². The van der Waals surface area contributed by atoms with Crippen molar-refractivity contribution >= 4 is 15.9 Å². The zero-order chi connectivity index (χ0) is 20.1. The summed E-state index contributed by atoms with van der Waals surface area (Å²) < 4.78 is 41.2. The van der Waals surface area contributed by atoms with Gasteiger partial charge >= 0.3 is 0 Å². The first-order chi connectivity index (χ1) is 13.4. The molecule has 2 aromatic rings. The van der Waals surface area contributed by atoms with Crippen molar-refractivity contribution in [3.05, 3.63) is 48.4 Å². The number of benzene rings is 1. The lowest BCUT2D eigenvalue weighted by Gasteiger charge is -2.29. The summed E-state index contributed by atoms with van der Waals surface area (Å²) >= 11 is 0. The van der Waals surface area contributed by atoms with Gasteiger partial charge in [-0.15, -0.1) is 0 Å². The predicted molar refractivity (Wildman–Crippen MR) is 99.3 cm³/mol. The summed E-state index contributed by atoms with van der Waals surface area (Å²) in [4.78, 5) is 16.0. The van der Waals surface area contributed by atoms with Crippen LogP contribution in [0.2, 0.25) is 0 Å². The highest BCUT2D eigenvalue weighted by Crippen LogP contribution is 2.21. The molecule has 2 heterocycles. The average Bonchev–Trinajstić information content (AvgIpc) is 2.72. The van der Waals surface area contributed by atoms with Crippen molar-refractivity contribution in [1.29, 1.82) is 0 Å². The van der Waals surface area contributed by atoms with Gasteiger partial charge in [-0.2, -0.15) is 4.72 Å². The van der Waals surface area contributed by atoms with Crippen LogP contribution in [0.3, 0.4) is 0 Å². The third-order valence-electron chi connectivity index (χ3n) is 4.70. The summed E-state index contributed by atoms with van der Waals surface area (Å²) in [5.41, 5.74) is 2.47. The maximum Gasteiger partial charge on any atom is 0.261 e. The van der Waals surface area contributed by atoms with E-state index in [1.807, 2.05) is 0 Å². The Balaban J connectivity index is 1.81. The number of carbonyl (C=O) groups is 1. The lowest BCUT2D eigenvalue weighted by atomic mass is 9.90. The summed E-state index contributed by atoms with van der Waals surface area (Å²) in [5, 5.41) is 12.1. The zero-order valence-corrected chi connectivity index (χ0v) is 15.7. The lowest BCUT2D eigenvalue weighted by molar-refractivity contribution is -0.132. The van der Waals surface area contributed by atoms with Crippen LogP contribution in [-0.4, -0.2) is 43.6 Å². The molecule has 1 aromatic heterocycles. The molecule has 1 unspecified atom stereocenters. The van der Waals surface area contributed by atoms with Gasteiger partial charge in [-0.05, 0) is 56.1 Å². The molecule has 3 rings (SSSR count). The number of nitrogens with zero attached hydrogens (tertiary/aromatic N) is 1. The van der Waals surface area contributed by atoms with Crippen LogP contribution in [-0.2, 0) is 14.8 Å². The minimum absolute atomic E-state index is 0.127. The van der Waals surface area contributed by atoms with Crippen LogP contribution in [0.4, 0.5) is 4.39 Å². The van der Waals surface area contributed by atoms with Crippen molar-refractivity contribution in [2.24, 2.45) is 5.92 Å². The van der Waals surface area contributed by atoms with Crippen molar-refractivity contribution in [2.75, 3.05) is 13.1 Å². The van der Waals surface area contributed by atoms with Crippen LogP contribution < -0.4 is 15.5 Å². The van der Waals surface area contributed by atoms with Gasteiger partial charge in [-0.3, -0.25) is 15.0 Å². The largest absolute Gasteiger partial charge is 0.317 e. The number of hydroxylamine groups is 1. The molecule has 1 aliphatic rings. The highest BCUT2D eigenvalue weighted by atomic mass is 32.2. The van der Waals surface area contributed by atoms with E-state index in [0.29, 0.717) is 37.2 Å². The van der Waals surface area contributed by atoms with E-state index in [4.69, 9.17) is 5.21 Å². The number of aromatic nitrogens is 1. The number of piperidine rings is 1. The van der Waals surface area contributed by atoms with Gasteiger partial charge in [0, 0.05) is 11.8 Å². The van der Waals surface area contributed by atoms with E-state index in [0.717, 1.165) is 6.20 Å². The summed E-state index contributed by atoms with van der Waals surface area (Å²) in [6.07, 6.45) is 2.34. The molecule has 10 heteroatoms. The highest BCUT2D eigenvalue weighted by molar-refractivity contribution is 7.89. The molecule has 1 amide bonds. The number of hydrogen-bond acceptors (Lipinski definition) is 6. The fourth-order valence-corrected chi connectivity index (χ4v) is 4.41. The summed E-state index contributed by atoms with van der Waals surface area (Å²) in [7, 11) is -4.05. The standard InChI is InChI=1S/C18H21FN4O4S/c19-14-3-1-2-13(10-14)16-5-4-15(11-21-16)28(26,27)23-17(18(24)22-25)12-6-8-20-9-7-12/h1-5,10-12,17,20,23,25H,6-9H2,(H,22,24). The first-order valence-corrected chi connectivity index (χ1v) is 10.3. The van der Waals surface area contributed by atoms with Crippen LogP contribution in [0.15, 0.2) is 47.5 Å². The molecule has 1 aliphatic heterocycles. The molecule has 8 nitrogen and oxygen atoms in total. The molecular formula is C18H21FN4O4S. The molecule has 150 valence electrons. The summed E-state index contributed by atoms with van der Waals surface area (Å²) in [6.45, 7) is 1.32. The Bertz CT molecular complexity index is 931. The lowest BCUT2D eigenvalue weighted by Crippen LogP contribution is -2.52. The van der Waals surface area contributed by atoms with E-state index < -0.39 is 27.8 Å². The Morgan fingerprint density at radius 3 is 2.61 bits per heavy atom. The summed E-state index contributed by atoms with van der Waals surface area (Å²) in [5.74, 6) is -1.47. The molecule has 0 bridgehead atoms. The highest BCUT2D eigenvalue weighted by Gasteiger charge is 2.33. The number of nitrogens with one attached hydrogen (secondary N) is 3. The molecule has 0 spiro atoms. The molecule has 4 N–H and O–H groups in total. The third kappa shape index (κ3) is 4.71. The number of carbonyl (C=O) groups excluding carboxylic acids is 1. The number of pyridine rings is 1. The van der Waals surface area contributed by atoms with Gasteiger partial charge in [-0.25, -0.2) is 18.3 Å². The van der Waals surface area contributed by atoms with Crippen LogP contribution in [0, 0.1) is 11.7 Å². The second-order valence-corrected chi connectivity index (χ2v) is 8.27. The Hall–Kier alpha value is -2.40. The van der Waals surface area contributed by atoms with Crippen LogP contribution in [0.5, 0.6) is 0 Å². The second-order valence-electron chi connectivity index (χ2n) is 6.55. The molecule has 1 fully saturated rings. The van der Waals surface area contributed by atoms with E-state index in [9.17, 15) is 17.6 Å². The fourth-order valence-electron chi connectivity index (χ4n) is 3.20. The van der Waals surface area contributed by atoms with Gasteiger partial charge in [0.15, 0.2) is 0 Å². The van der Waals surface area contributed by atoms with E-state index in [-0.39, 0.29) is 10.8 Å².